The number of carbonyl (C=O) groups is 1. The number of nitro groups is 2. The molecule has 268 valence electrons. The van der Waals surface area contributed by atoms with Crippen LogP contribution in [0.1, 0.15) is 135 Å². The number of fused-ring (bicyclic) bond motifs is 5. The maximum atomic E-state index is 12.6. The summed E-state index contributed by atoms with van der Waals surface area (Å²) in [5.41, 5.74) is -0.499. The van der Waals surface area contributed by atoms with Crippen molar-refractivity contribution in [2.45, 2.75) is 131 Å². The lowest BCUT2D eigenvalue weighted by molar-refractivity contribution is -0.394. The molecule has 0 aliphatic heterocycles. The van der Waals surface area contributed by atoms with Crippen molar-refractivity contribution in [1.29, 1.82) is 0 Å². The highest BCUT2D eigenvalue weighted by atomic mass is 17.1. The summed E-state index contributed by atoms with van der Waals surface area (Å²) in [4.78, 5) is 38.4. The normalized spacial score (nSPS) is 34.1. The first-order valence-corrected chi connectivity index (χ1v) is 18.7. The molecule has 10 heteroatoms. The van der Waals surface area contributed by atoms with Crippen LogP contribution in [0.15, 0.2) is 18.2 Å². The fourth-order valence-corrected chi connectivity index (χ4v) is 11.5. The maximum Gasteiger partial charge on any atom is 0.338 e. The molecule has 1 N–H and O–H groups in total. The minimum absolute atomic E-state index is 0.0181. The number of benzene rings is 1. The van der Waals surface area contributed by atoms with E-state index in [-0.39, 0.29) is 24.2 Å². The van der Waals surface area contributed by atoms with Crippen molar-refractivity contribution in [1.82, 2.24) is 0 Å². The topological polar surface area (TPSA) is 142 Å². The van der Waals surface area contributed by atoms with Gasteiger partial charge in [0.15, 0.2) is 0 Å². The van der Waals surface area contributed by atoms with Gasteiger partial charge in [0.25, 0.3) is 11.4 Å². The number of rotatable bonds is 14. The molecule has 0 aromatic heterocycles. The lowest BCUT2D eigenvalue weighted by atomic mass is 9.43. The lowest BCUT2D eigenvalue weighted by Gasteiger charge is -2.61. The van der Waals surface area contributed by atoms with E-state index in [1.165, 1.54) is 57.8 Å². The van der Waals surface area contributed by atoms with Crippen LogP contribution in [0.3, 0.4) is 0 Å². The second-order valence-corrected chi connectivity index (χ2v) is 16.9. The molecule has 0 amide bonds. The predicted molar refractivity (Wildman–Crippen MR) is 183 cm³/mol. The van der Waals surface area contributed by atoms with Crippen LogP contribution in [0.2, 0.25) is 0 Å². The Morgan fingerprint density at radius 3 is 2.19 bits per heavy atom. The summed E-state index contributed by atoms with van der Waals surface area (Å²) < 4.78 is 5.31. The molecule has 10 nitrogen and oxygen atoms in total. The average Bonchev–Trinajstić information content (AvgIpc) is 3.41. The van der Waals surface area contributed by atoms with Gasteiger partial charge >= 0.3 is 5.97 Å². The Morgan fingerprint density at radius 2 is 1.54 bits per heavy atom. The number of carbonyl (C=O) groups excluding carboxylic acids is 1. The zero-order valence-corrected chi connectivity index (χ0v) is 29.7. The Kier molecular flexibility index (Phi) is 11.6. The molecule has 4 fully saturated rings. The van der Waals surface area contributed by atoms with Gasteiger partial charge in [-0.05, 0) is 129 Å². The molecule has 1 aromatic carbocycles. The second kappa shape index (κ2) is 15.1. The zero-order valence-electron chi connectivity index (χ0n) is 29.7. The quantitative estimate of drug-likeness (QED) is 0.0677. The van der Waals surface area contributed by atoms with Gasteiger partial charge in [-0.3, -0.25) is 25.5 Å². The molecule has 4 saturated carbocycles. The lowest BCUT2D eigenvalue weighted by Crippen LogP contribution is -2.54. The molecular formula is C38H58N2O8. The van der Waals surface area contributed by atoms with Gasteiger partial charge in [-0.1, -0.05) is 53.9 Å². The zero-order chi connectivity index (χ0) is 34.8. The van der Waals surface area contributed by atoms with E-state index < -0.39 is 27.2 Å². The standard InChI is InChI=1S/C38H58N2O8/c1-24(2)8-6-9-25(3)32-13-14-33-31-12-11-28-20-26(15-17-37(28,4)34(31)16-18-38(32,33)5)35(48-46)10-7-19-47-36(41)27-21-29(39(42)43)23-30(22-27)40(44)45/h21-26,28,31-35,46H,6-20H2,1-5H3. The Balaban J connectivity index is 1.13. The van der Waals surface area contributed by atoms with Gasteiger partial charge < -0.3 is 4.74 Å². The first-order chi connectivity index (χ1) is 22.8. The van der Waals surface area contributed by atoms with Crippen LogP contribution in [0, 0.1) is 78.4 Å². The Labute approximate surface area is 286 Å². The van der Waals surface area contributed by atoms with E-state index in [0.717, 1.165) is 73.0 Å². The third-order valence-corrected chi connectivity index (χ3v) is 14.0. The molecule has 0 bridgehead atoms. The Hall–Kier alpha value is -2.59. The fraction of sp³-hybridized carbons (Fsp3) is 0.816. The second-order valence-electron chi connectivity index (χ2n) is 16.9. The minimum atomic E-state index is -0.855. The molecular weight excluding hydrogens is 612 g/mol. The number of non-ortho nitro benzene ring substituents is 2. The van der Waals surface area contributed by atoms with E-state index >= 15 is 0 Å². The largest absolute Gasteiger partial charge is 0.462 e. The molecule has 0 radical (unpaired) electrons. The number of hydrogen-bond donors (Lipinski definition) is 1. The maximum absolute atomic E-state index is 12.6. The van der Waals surface area contributed by atoms with Crippen molar-refractivity contribution in [2.24, 2.45) is 58.2 Å². The summed E-state index contributed by atoms with van der Waals surface area (Å²) >= 11 is 0. The number of nitro benzene ring substituents is 2. The first kappa shape index (κ1) is 36.7. The molecule has 4 aliphatic carbocycles. The number of esters is 1. The monoisotopic (exact) mass is 670 g/mol. The van der Waals surface area contributed by atoms with Crippen molar-refractivity contribution in [3.05, 3.63) is 44.0 Å². The van der Waals surface area contributed by atoms with Crippen LogP contribution in [0.25, 0.3) is 0 Å². The van der Waals surface area contributed by atoms with Crippen molar-refractivity contribution < 1.29 is 29.5 Å². The van der Waals surface area contributed by atoms with E-state index in [0.29, 0.717) is 29.6 Å². The van der Waals surface area contributed by atoms with E-state index in [1.807, 2.05) is 0 Å². The summed E-state index contributed by atoms with van der Waals surface area (Å²) in [6.07, 6.45) is 16.0. The summed E-state index contributed by atoms with van der Waals surface area (Å²) in [7, 11) is 0. The minimum Gasteiger partial charge on any atom is -0.462 e. The van der Waals surface area contributed by atoms with Crippen LogP contribution < -0.4 is 0 Å². The smallest absolute Gasteiger partial charge is 0.338 e. The third-order valence-electron chi connectivity index (χ3n) is 14.0. The predicted octanol–water partition coefficient (Wildman–Crippen LogP) is 10.0. The molecule has 5 rings (SSSR count). The van der Waals surface area contributed by atoms with Gasteiger partial charge in [0, 0.05) is 12.1 Å². The highest BCUT2D eigenvalue weighted by molar-refractivity contribution is 5.91. The fourth-order valence-electron chi connectivity index (χ4n) is 11.5. The Morgan fingerprint density at radius 1 is 0.875 bits per heavy atom. The Bertz CT molecular complexity index is 1290. The molecule has 0 heterocycles. The van der Waals surface area contributed by atoms with Crippen LogP contribution in [0.5, 0.6) is 0 Å². The van der Waals surface area contributed by atoms with E-state index in [4.69, 9.17) is 9.62 Å². The summed E-state index contributed by atoms with van der Waals surface area (Å²) in [6.45, 7) is 12.5. The molecule has 4 aliphatic rings. The highest BCUT2D eigenvalue weighted by Crippen LogP contribution is 2.69. The van der Waals surface area contributed by atoms with Crippen molar-refractivity contribution >= 4 is 17.3 Å². The van der Waals surface area contributed by atoms with Gasteiger partial charge in [-0.2, -0.15) is 0 Å². The molecule has 48 heavy (non-hydrogen) atoms. The summed E-state index contributed by atoms with van der Waals surface area (Å²) in [5, 5.41) is 32.3. The first-order valence-electron chi connectivity index (χ1n) is 18.7. The van der Waals surface area contributed by atoms with Gasteiger partial charge in [-0.15, -0.1) is 0 Å². The van der Waals surface area contributed by atoms with Gasteiger partial charge in [0.05, 0.1) is 34.2 Å². The van der Waals surface area contributed by atoms with Gasteiger partial charge in [0.2, 0.25) is 0 Å². The summed E-state index contributed by atoms with van der Waals surface area (Å²) in [6, 6.07) is 2.78. The highest BCUT2D eigenvalue weighted by Gasteiger charge is 2.60. The van der Waals surface area contributed by atoms with Gasteiger partial charge in [-0.25, -0.2) is 9.68 Å². The van der Waals surface area contributed by atoms with Gasteiger partial charge in [0.1, 0.15) is 0 Å². The SMILES string of the molecule is CC(C)CCCC(C)C1CCC2C3CCC4CC(C(CCCOC(=O)c5cc([N+](=O)[O-])cc([N+](=O)[O-])c5)OO)CCC4(C)C3CCC12C. The van der Waals surface area contributed by atoms with Crippen molar-refractivity contribution in [2.75, 3.05) is 6.61 Å². The molecule has 0 saturated heterocycles. The van der Waals surface area contributed by atoms with Crippen LogP contribution in [-0.2, 0) is 9.62 Å². The van der Waals surface area contributed by atoms with Crippen molar-refractivity contribution in [3.63, 3.8) is 0 Å². The third kappa shape index (κ3) is 7.44. The number of nitrogens with zero attached hydrogens (tertiary/aromatic N) is 2. The van der Waals surface area contributed by atoms with E-state index in [9.17, 15) is 30.3 Å². The van der Waals surface area contributed by atoms with Crippen LogP contribution >= 0.6 is 0 Å². The number of ether oxygens (including phenoxy) is 1. The average molecular weight is 671 g/mol. The molecule has 1 aromatic rings. The van der Waals surface area contributed by atoms with Crippen LogP contribution in [0.4, 0.5) is 11.4 Å². The number of hydrogen-bond acceptors (Lipinski definition) is 8. The van der Waals surface area contributed by atoms with Crippen LogP contribution in [-0.4, -0.2) is 33.8 Å². The van der Waals surface area contributed by atoms with E-state index in [2.05, 4.69) is 34.6 Å². The molecule has 0 spiro atoms. The summed E-state index contributed by atoms with van der Waals surface area (Å²) in [5.74, 6) is 4.94. The molecule has 10 atom stereocenters. The van der Waals surface area contributed by atoms with Crippen molar-refractivity contribution in [3.8, 4) is 0 Å². The molecule has 10 unspecified atom stereocenters. The van der Waals surface area contributed by atoms with E-state index in [1.54, 1.807) is 0 Å².